The van der Waals surface area contributed by atoms with E-state index in [0.29, 0.717) is 36.1 Å². The normalized spacial score (nSPS) is 13.0. The van der Waals surface area contributed by atoms with Gasteiger partial charge in [0.25, 0.3) is 5.78 Å². The number of carboxylic acid groups (broad SMARTS) is 1. The summed E-state index contributed by atoms with van der Waals surface area (Å²) < 4.78 is 10.9. The number of nitrogens with zero attached hydrogens (tertiary/aromatic N) is 1. The quantitative estimate of drug-likeness (QED) is 0.642. The lowest BCUT2D eigenvalue weighted by Gasteiger charge is -2.18. The minimum absolute atomic E-state index is 0.0672. The van der Waals surface area contributed by atoms with Gasteiger partial charge in [-0.1, -0.05) is 0 Å². The number of carboxylic acids is 1. The summed E-state index contributed by atoms with van der Waals surface area (Å²) in [6.45, 7) is 0.974. The Bertz CT molecular complexity index is 692. The molecule has 0 amide bonds. The average Bonchev–Trinajstić information content (AvgIpc) is 2.95. The van der Waals surface area contributed by atoms with E-state index in [4.69, 9.17) is 14.6 Å². The lowest BCUT2D eigenvalue weighted by molar-refractivity contribution is -0.131. The van der Waals surface area contributed by atoms with Crippen molar-refractivity contribution in [1.29, 1.82) is 0 Å². The molecule has 7 nitrogen and oxygen atoms in total. The topological polar surface area (TPSA) is 102 Å². The summed E-state index contributed by atoms with van der Waals surface area (Å²) in [5.74, 6) is -0.917. The number of benzene rings is 1. The Labute approximate surface area is 113 Å². The summed E-state index contributed by atoms with van der Waals surface area (Å²) >= 11 is 0. The molecule has 0 saturated carbocycles. The molecule has 0 aliphatic carbocycles. The summed E-state index contributed by atoms with van der Waals surface area (Å²) in [7, 11) is 0. The second kappa shape index (κ2) is 4.69. The van der Waals surface area contributed by atoms with Gasteiger partial charge >= 0.3 is 5.97 Å². The fourth-order valence-corrected chi connectivity index (χ4v) is 1.89. The van der Waals surface area contributed by atoms with Crippen molar-refractivity contribution in [2.24, 2.45) is 0 Å². The van der Waals surface area contributed by atoms with Gasteiger partial charge in [0.1, 0.15) is 24.7 Å². The Balaban J connectivity index is 1.93. The van der Waals surface area contributed by atoms with Crippen LogP contribution in [0, 0.1) is 0 Å². The van der Waals surface area contributed by atoms with Gasteiger partial charge in [0.05, 0.1) is 6.20 Å². The molecule has 7 heteroatoms. The number of ether oxygens (including phenoxy) is 2. The largest absolute Gasteiger partial charge is 0.486 e. The first-order valence-corrected chi connectivity index (χ1v) is 5.88. The predicted octanol–water partition coefficient (Wildman–Crippen LogP) is 1.12. The van der Waals surface area contributed by atoms with Crippen molar-refractivity contribution in [2.75, 3.05) is 13.2 Å². The van der Waals surface area contributed by atoms with Crippen LogP contribution in [0.25, 0.3) is 11.4 Å². The second-order valence-corrected chi connectivity index (χ2v) is 4.14. The highest BCUT2D eigenvalue weighted by Crippen LogP contribution is 2.33. The number of carbonyl (C=O) groups is 2. The zero-order valence-corrected chi connectivity index (χ0v) is 10.3. The van der Waals surface area contributed by atoms with Gasteiger partial charge in [0.2, 0.25) is 0 Å². The van der Waals surface area contributed by atoms with E-state index in [1.807, 2.05) is 0 Å². The van der Waals surface area contributed by atoms with Crippen molar-refractivity contribution in [1.82, 2.24) is 9.97 Å². The summed E-state index contributed by atoms with van der Waals surface area (Å²) in [5.41, 5.74) is 0.612. The standard InChI is InChI=1S/C13H10N2O5/c16-11(13(17)18)8-6-14-12(15-8)7-1-2-9-10(5-7)20-4-3-19-9/h1-2,5-6H,3-4H2,(H,14,15)(H,17,18). The van der Waals surface area contributed by atoms with E-state index in [0.717, 1.165) is 0 Å². The molecule has 2 heterocycles. The molecule has 1 aromatic heterocycles. The van der Waals surface area contributed by atoms with Crippen molar-refractivity contribution >= 4 is 11.8 Å². The molecule has 1 aromatic carbocycles. The van der Waals surface area contributed by atoms with Gasteiger partial charge < -0.3 is 19.6 Å². The highest BCUT2D eigenvalue weighted by Gasteiger charge is 2.19. The number of hydrogen-bond donors (Lipinski definition) is 2. The first-order chi connectivity index (χ1) is 9.65. The van der Waals surface area contributed by atoms with Gasteiger partial charge in [-0.15, -0.1) is 0 Å². The van der Waals surface area contributed by atoms with Crippen molar-refractivity contribution in [3.63, 3.8) is 0 Å². The molecule has 0 unspecified atom stereocenters. The Morgan fingerprint density at radius 3 is 2.70 bits per heavy atom. The molecule has 1 aliphatic rings. The van der Waals surface area contributed by atoms with Gasteiger partial charge in [0, 0.05) is 5.56 Å². The number of carbonyl (C=O) groups excluding carboxylic acids is 1. The van der Waals surface area contributed by atoms with Gasteiger partial charge in [-0.3, -0.25) is 4.79 Å². The third kappa shape index (κ3) is 2.09. The third-order valence-corrected chi connectivity index (χ3v) is 2.83. The van der Waals surface area contributed by atoms with Crippen LogP contribution >= 0.6 is 0 Å². The molecule has 102 valence electrons. The lowest BCUT2D eigenvalue weighted by atomic mass is 10.2. The zero-order valence-electron chi connectivity index (χ0n) is 10.3. The van der Waals surface area contributed by atoms with Crippen LogP contribution in [0.15, 0.2) is 24.4 Å². The fourth-order valence-electron chi connectivity index (χ4n) is 1.89. The maximum atomic E-state index is 11.3. The number of ketones is 1. The van der Waals surface area contributed by atoms with Crippen LogP contribution in [0.4, 0.5) is 0 Å². The number of aromatic nitrogens is 2. The predicted molar refractivity (Wildman–Crippen MR) is 67.0 cm³/mol. The molecule has 1 aliphatic heterocycles. The first kappa shape index (κ1) is 12.2. The van der Waals surface area contributed by atoms with Crippen LogP contribution in [0.2, 0.25) is 0 Å². The number of imidazole rings is 1. The van der Waals surface area contributed by atoms with E-state index >= 15 is 0 Å². The van der Waals surface area contributed by atoms with Gasteiger partial charge in [0.15, 0.2) is 11.5 Å². The van der Waals surface area contributed by atoms with Crippen LogP contribution in [-0.4, -0.2) is 40.0 Å². The Morgan fingerprint density at radius 1 is 1.20 bits per heavy atom. The minimum atomic E-state index is -1.53. The zero-order chi connectivity index (χ0) is 14.1. The summed E-state index contributed by atoms with van der Waals surface area (Å²) in [6, 6.07) is 5.22. The van der Waals surface area contributed by atoms with Crippen molar-refractivity contribution in [3.8, 4) is 22.9 Å². The molecular formula is C13H10N2O5. The van der Waals surface area contributed by atoms with Crippen LogP contribution in [0.3, 0.4) is 0 Å². The van der Waals surface area contributed by atoms with Crippen molar-refractivity contribution < 1.29 is 24.2 Å². The highest BCUT2D eigenvalue weighted by molar-refractivity contribution is 6.39. The van der Waals surface area contributed by atoms with Crippen LogP contribution in [0.5, 0.6) is 11.5 Å². The SMILES string of the molecule is O=C(O)C(=O)c1cnc(-c2ccc3c(c2)OCCO3)[nH]1. The number of Topliss-reactive ketones (excluding diaryl/α,β-unsaturated/α-hetero) is 1. The van der Waals surface area contributed by atoms with E-state index in [2.05, 4.69) is 9.97 Å². The molecule has 0 atom stereocenters. The van der Waals surface area contributed by atoms with Gasteiger partial charge in [-0.25, -0.2) is 9.78 Å². The minimum Gasteiger partial charge on any atom is -0.486 e. The molecular weight excluding hydrogens is 264 g/mol. The van der Waals surface area contributed by atoms with Crippen molar-refractivity contribution in [3.05, 3.63) is 30.1 Å². The fraction of sp³-hybridized carbons (Fsp3) is 0.154. The van der Waals surface area contributed by atoms with Crippen LogP contribution < -0.4 is 9.47 Å². The lowest BCUT2D eigenvalue weighted by Crippen LogP contribution is -2.15. The Kier molecular flexibility index (Phi) is 2.86. The van der Waals surface area contributed by atoms with Crippen LogP contribution in [0.1, 0.15) is 10.5 Å². The molecule has 3 rings (SSSR count). The molecule has 20 heavy (non-hydrogen) atoms. The average molecular weight is 274 g/mol. The summed E-state index contributed by atoms with van der Waals surface area (Å²) in [4.78, 5) is 28.6. The highest BCUT2D eigenvalue weighted by atomic mass is 16.6. The molecule has 0 spiro atoms. The molecule has 0 fully saturated rings. The Hall–Kier alpha value is -2.83. The Morgan fingerprint density at radius 2 is 1.95 bits per heavy atom. The van der Waals surface area contributed by atoms with E-state index in [-0.39, 0.29) is 5.69 Å². The molecule has 2 aromatic rings. The van der Waals surface area contributed by atoms with Gasteiger partial charge in [-0.05, 0) is 18.2 Å². The third-order valence-electron chi connectivity index (χ3n) is 2.83. The summed E-state index contributed by atoms with van der Waals surface area (Å²) in [6.07, 6.45) is 1.20. The molecule has 0 bridgehead atoms. The number of hydrogen-bond acceptors (Lipinski definition) is 5. The van der Waals surface area contributed by atoms with E-state index in [1.54, 1.807) is 18.2 Å². The van der Waals surface area contributed by atoms with E-state index in [9.17, 15) is 9.59 Å². The smallest absolute Gasteiger partial charge is 0.378 e. The number of fused-ring (bicyclic) bond motifs is 1. The van der Waals surface area contributed by atoms with Gasteiger partial charge in [-0.2, -0.15) is 0 Å². The number of nitrogens with one attached hydrogen (secondary N) is 1. The van der Waals surface area contributed by atoms with E-state index in [1.165, 1.54) is 6.20 Å². The maximum absolute atomic E-state index is 11.3. The molecule has 2 N–H and O–H groups in total. The molecule has 0 saturated heterocycles. The number of aromatic amines is 1. The first-order valence-electron chi connectivity index (χ1n) is 5.88. The second-order valence-electron chi connectivity index (χ2n) is 4.14. The summed E-state index contributed by atoms with van der Waals surface area (Å²) in [5, 5.41) is 8.64. The maximum Gasteiger partial charge on any atom is 0.378 e. The molecule has 0 radical (unpaired) electrons. The monoisotopic (exact) mass is 274 g/mol. The number of H-pyrrole nitrogens is 1. The van der Waals surface area contributed by atoms with Crippen LogP contribution in [-0.2, 0) is 4.79 Å². The van der Waals surface area contributed by atoms with Crippen molar-refractivity contribution in [2.45, 2.75) is 0 Å². The number of rotatable bonds is 3. The number of aliphatic carboxylic acids is 1. The van der Waals surface area contributed by atoms with E-state index < -0.39 is 11.8 Å².